The van der Waals surface area contributed by atoms with Gasteiger partial charge in [-0.25, -0.2) is 4.79 Å². The third kappa shape index (κ3) is 3.91. The molecule has 0 radical (unpaired) electrons. The van der Waals surface area contributed by atoms with E-state index in [9.17, 15) is 4.79 Å². The summed E-state index contributed by atoms with van der Waals surface area (Å²) in [5, 5.41) is 10.4. The fourth-order valence-electron chi connectivity index (χ4n) is 3.69. The van der Waals surface area contributed by atoms with Gasteiger partial charge in [-0.1, -0.05) is 20.8 Å². The van der Waals surface area contributed by atoms with Crippen LogP contribution in [0.2, 0.25) is 0 Å². The summed E-state index contributed by atoms with van der Waals surface area (Å²) in [6.07, 6.45) is 5.61. The maximum atomic E-state index is 12.3. The van der Waals surface area contributed by atoms with Crippen LogP contribution in [0, 0.1) is 11.3 Å². The van der Waals surface area contributed by atoms with Crippen molar-refractivity contribution >= 4 is 6.03 Å². The second-order valence-corrected chi connectivity index (χ2v) is 8.31. The highest BCUT2D eigenvalue weighted by atomic mass is 16.5. The van der Waals surface area contributed by atoms with Crippen molar-refractivity contribution in [3.05, 3.63) is 18.0 Å². The van der Waals surface area contributed by atoms with Gasteiger partial charge in [-0.15, -0.1) is 0 Å². The number of amides is 2. The first kappa shape index (κ1) is 17.3. The lowest BCUT2D eigenvalue weighted by Gasteiger charge is -2.44. The first-order chi connectivity index (χ1) is 11.3. The van der Waals surface area contributed by atoms with Crippen molar-refractivity contribution in [2.45, 2.75) is 64.6 Å². The lowest BCUT2D eigenvalue weighted by Crippen LogP contribution is -2.53. The largest absolute Gasteiger partial charge is 0.372 e. The van der Waals surface area contributed by atoms with Crippen molar-refractivity contribution in [1.82, 2.24) is 20.4 Å². The quantitative estimate of drug-likeness (QED) is 0.893. The summed E-state index contributed by atoms with van der Waals surface area (Å²) in [4.78, 5) is 12.3. The maximum Gasteiger partial charge on any atom is 0.315 e. The summed E-state index contributed by atoms with van der Waals surface area (Å²) in [5.41, 5.74) is 1.40. The summed E-state index contributed by atoms with van der Waals surface area (Å²) in [7, 11) is 1.92. The molecule has 6 nitrogen and oxygen atoms in total. The number of aryl methyl sites for hydroxylation is 1. The lowest BCUT2D eigenvalue weighted by molar-refractivity contribution is -0.00256. The fourth-order valence-corrected chi connectivity index (χ4v) is 3.69. The molecular formula is C18H30N4O2. The van der Waals surface area contributed by atoms with E-state index >= 15 is 0 Å². The van der Waals surface area contributed by atoms with Crippen LogP contribution in [0.15, 0.2) is 12.3 Å². The molecule has 1 saturated carbocycles. The number of urea groups is 1. The Bertz CT molecular complexity index is 572. The molecule has 2 N–H and O–H groups in total. The van der Waals surface area contributed by atoms with Gasteiger partial charge < -0.3 is 15.4 Å². The van der Waals surface area contributed by atoms with Gasteiger partial charge in [0.2, 0.25) is 0 Å². The predicted octanol–water partition coefficient (Wildman–Crippen LogP) is 2.76. The third-order valence-electron chi connectivity index (χ3n) is 5.51. The molecule has 2 aliphatic rings. The van der Waals surface area contributed by atoms with E-state index in [1.165, 1.54) is 0 Å². The van der Waals surface area contributed by atoms with Crippen molar-refractivity contribution in [2.75, 3.05) is 6.61 Å². The number of nitrogens with one attached hydrogen (secondary N) is 2. The van der Waals surface area contributed by atoms with Crippen LogP contribution in [0.1, 0.15) is 58.3 Å². The molecule has 6 heteroatoms. The van der Waals surface area contributed by atoms with Gasteiger partial charge in [0, 0.05) is 31.9 Å². The van der Waals surface area contributed by atoms with Crippen molar-refractivity contribution < 1.29 is 9.53 Å². The zero-order chi connectivity index (χ0) is 17.3. The van der Waals surface area contributed by atoms with Gasteiger partial charge in [0.15, 0.2) is 0 Å². The average molecular weight is 334 g/mol. The van der Waals surface area contributed by atoms with Crippen LogP contribution in [-0.2, 0) is 11.8 Å². The molecule has 2 amide bonds. The zero-order valence-corrected chi connectivity index (χ0v) is 15.2. The molecular weight excluding hydrogens is 304 g/mol. The third-order valence-corrected chi connectivity index (χ3v) is 5.51. The highest BCUT2D eigenvalue weighted by molar-refractivity contribution is 5.74. The van der Waals surface area contributed by atoms with Crippen LogP contribution in [0.3, 0.4) is 0 Å². The minimum absolute atomic E-state index is 0.00511. The van der Waals surface area contributed by atoms with Crippen LogP contribution in [0.4, 0.5) is 4.79 Å². The smallest absolute Gasteiger partial charge is 0.315 e. The second-order valence-electron chi connectivity index (χ2n) is 8.31. The molecule has 2 atom stereocenters. The molecule has 1 saturated heterocycles. The molecule has 24 heavy (non-hydrogen) atoms. The molecule has 0 bridgehead atoms. The van der Waals surface area contributed by atoms with Crippen molar-refractivity contribution in [2.24, 2.45) is 18.4 Å². The van der Waals surface area contributed by atoms with Crippen molar-refractivity contribution in [1.29, 1.82) is 0 Å². The second kappa shape index (κ2) is 6.75. The molecule has 0 aromatic carbocycles. The van der Waals surface area contributed by atoms with Crippen LogP contribution in [0.25, 0.3) is 0 Å². The molecule has 2 fully saturated rings. The fraction of sp³-hybridized carbons (Fsp3) is 0.778. The number of carbonyl (C=O) groups is 1. The molecule has 1 aromatic heterocycles. The van der Waals surface area contributed by atoms with Gasteiger partial charge in [0.25, 0.3) is 0 Å². The molecule has 2 heterocycles. The van der Waals surface area contributed by atoms with Crippen LogP contribution in [-0.4, -0.2) is 34.5 Å². The summed E-state index contributed by atoms with van der Waals surface area (Å²) >= 11 is 0. The molecule has 1 aliphatic carbocycles. The Morgan fingerprint density at radius 3 is 2.58 bits per heavy atom. The molecule has 3 rings (SSSR count). The normalized spacial score (nSPS) is 30.5. The highest BCUT2D eigenvalue weighted by Gasteiger charge is 2.38. The summed E-state index contributed by atoms with van der Waals surface area (Å²) in [5.74, 6) is 0.708. The average Bonchev–Trinajstić information content (AvgIpc) is 2.87. The first-order valence-electron chi connectivity index (χ1n) is 8.99. The molecule has 1 aromatic rings. The molecule has 134 valence electrons. The maximum absolute atomic E-state index is 12.3. The van der Waals surface area contributed by atoms with Crippen molar-refractivity contribution in [3.8, 4) is 0 Å². The van der Waals surface area contributed by atoms with E-state index in [1.807, 2.05) is 17.8 Å². The van der Waals surface area contributed by atoms with Gasteiger partial charge in [-0.2, -0.15) is 5.10 Å². The summed E-state index contributed by atoms with van der Waals surface area (Å²) in [6, 6.07) is 2.41. The Morgan fingerprint density at radius 1 is 1.25 bits per heavy atom. The van der Waals surface area contributed by atoms with E-state index in [-0.39, 0.29) is 18.2 Å². The Labute approximate surface area is 144 Å². The van der Waals surface area contributed by atoms with E-state index in [0.717, 1.165) is 31.4 Å². The number of hydrogen-bond acceptors (Lipinski definition) is 3. The number of rotatable bonds is 3. The van der Waals surface area contributed by atoms with Gasteiger partial charge in [0.1, 0.15) is 6.10 Å². The Morgan fingerprint density at radius 2 is 1.96 bits per heavy atom. The molecule has 1 aliphatic heterocycles. The van der Waals surface area contributed by atoms with E-state index in [0.29, 0.717) is 24.0 Å². The number of hydrogen-bond donors (Lipinski definition) is 2. The first-order valence-corrected chi connectivity index (χ1v) is 8.99. The van der Waals surface area contributed by atoms with E-state index in [2.05, 4.69) is 36.5 Å². The number of aromatic nitrogens is 2. The van der Waals surface area contributed by atoms with Crippen LogP contribution >= 0.6 is 0 Å². The highest BCUT2D eigenvalue weighted by Crippen LogP contribution is 2.41. The van der Waals surface area contributed by atoms with Gasteiger partial charge in [-0.05, 0) is 43.1 Å². The summed E-state index contributed by atoms with van der Waals surface area (Å²) < 4.78 is 7.69. The van der Waals surface area contributed by atoms with Crippen LogP contribution < -0.4 is 10.6 Å². The van der Waals surface area contributed by atoms with Crippen molar-refractivity contribution in [3.63, 3.8) is 0 Å². The topological polar surface area (TPSA) is 68.2 Å². The Kier molecular flexibility index (Phi) is 4.85. The number of ether oxygens (including phenoxy) is 1. The van der Waals surface area contributed by atoms with Gasteiger partial charge >= 0.3 is 6.03 Å². The predicted molar refractivity (Wildman–Crippen MR) is 92.6 cm³/mol. The van der Waals surface area contributed by atoms with E-state index in [4.69, 9.17) is 4.74 Å². The zero-order valence-electron chi connectivity index (χ0n) is 15.2. The Balaban J connectivity index is 1.44. The van der Waals surface area contributed by atoms with Gasteiger partial charge in [-0.3, -0.25) is 4.68 Å². The Hall–Kier alpha value is -1.56. The number of nitrogens with zero attached hydrogens (tertiary/aromatic N) is 2. The lowest BCUT2D eigenvalue weighted by atomic mass is 9.66. The SMILES string of the molecule is Cn1nccc1C1CC(NC(=O)NC2CC(C(C)(C)C)C2)CCO1. The van der Waals surface area contributed by atoms with E-state index < -0.39 is 0 Å². The minimum atomic E-state index is -0.0389. The summed E-state index contributed by atoms with van der Waals surface area (Å²) in [6.45, 7) is 7.48. The standard InChI is InChI=1S/C18H30N4O2/c1-18(2,3)12-9-14(10-12)21-17(23)20-13-6-8-24-16(11-13)15-5-7-19-22(15)4/h5,7,12-14,16H,6,8-11H2,1-4H3,(H2,20,21,23). The molecule has 2 unspecified atom stereocenters. The molecule has 0 spiro atoms. The monoisotopic (exact) mass is 334 g/mol. The minimum Gasteiger partial charge on any atom is -0.372 e. The van der Waals surface area contributed by atoms with E-state index in [1.54, 1.807) is 6.20 Å². The number of carbonyl (C=O) groups excluding carboxylic acids is 1. The van der Waals surface area contributed by atoms with Crippen LogP contribution in [0.5, 0.6) is 0 Å². The van der Waals surface area contributed by atoms with Gasteiger partial charge in [0.05, 0.1) is 5.69 Å².